The number of ketones is 1. The third-order valence-electron chi connectivity index (χ3n) is 4.59. The first kappa shape index (κ1) is 11.0. The Balaban J connectivity index is 2.16. The first-order chi connectivity index (χ1) is 10.3. The molecule has 0 bridgehead atoms. The number of benzene rings is 4. The summed E-state index contributed by atoms with van der Waals surface area (Å²) in [6.45, 7) is 0. The highest BCUT2D eigenvalue weighted by molar-refractivity contribution is 6.28. The van der Waals surface area contributed by atoms with Gasteiger partial charge in [-0.2, -0.15) is 0 Å². The molecule has 0 spiro atoms. The van der Waals surface area contributed by atoms with E-state index in [1.807, 2.05) is 18.2 Å². The van der Waals surface area contributed by atoms with E-state index in [0.717, 1.165) is 21.7 Å². The number of Topliss-reactive ketones (excluding diaryl/α,β-unsaturated/α-hetero) is 1. The molecule has 0 radical (unpaired) electrons. The Bertz CT molecular complexity index is 1070. The number of carbonyl (C=O) groups excluding carboxylic acids is 1. The summed E-state index contributed by atoms with van der Waals surface area (Å²) in [7, 11) is 0. The Morgan fingerprint density at radius 2 is 1.48 bits per heavy atom. The van der Waals surface area contributed by atoms with Crippen LogP contribution in [-0.2, 0) is 6.42 Å². The van der Waals surface area contributed by atoms with Crippen LogP contribution in [0.25, 0.3) is 32.3 Å². The standard InChI is InChI=1S/C20H12O/c21-17-11-14-6-3-5-13-10-15-9-8-12-4-1-2-7-16(12)19(15)20(17)18(13)14/h1-10H,11H2. The molecule has 4 aromatic carbocycles. The SMILES string of the molecule is O=C1Cc2cccc3cc4ccc5ccccc5c4c1c23. The molecule has 0 unspecified atom stereocenters. The Labute approximate surface area is 121 Å². The second-order valence-electron chi connectivity index (χ2n) is 5.75. The van der Waals surface area contributed by atoms with Gasteiger partial charge in [-0.15, -0.1) is 0 Å². The predicted octanol–water partition coefficient (Wildman–Crippen LogP) is 4.89. The Morgan fingerprint density at radius 1 is 0.714 bits per heavy atom. The topological polar surface area (TPSA) is 17.1 Å². The zero-order valence-electron chi connectivity index (χ0n) is 11.4. The van der Waals surface area contributed by atoms with Gasteiger partial charge in [-0.1, -0.05) is 54.6 Å². The van der Waals surface area contributed by atoms with Crippen molar-refractivity contribution in [1.82, 2.24) is 0 Å². The summed E-state index contributed by atoms with van der Waals surface area (Å²) >= 11 is 0. The number of carbonyl (C=O) groups is 1. The van der Waals surface area contributed by atoms with E-state index in [1.54, 1.807) is 0 Å². The third kappa shape index (κ3) is 1.33. The maximum Gasteiger partial charge on any atom is 0.168 e. The minimum absolute atomic E-state index is 0.253. The van der Waals surface area contributed by atoms with Crippen LogP contribution < -0.4 is 0 Å². The molecule has 0 heterocycles. The lowest BCUT2D eigenvalue weighted by molar-refractivity contribution is 0.100. The zero-order chi connectivity index (χ0) is 14.0. The minimum atomic E-state index is 0.253. The first-order valence-electron chi connectivity index (χ1n) is 7.22. The van der Waals surface area contributed by atoms with Crippen LogP contribution in [0.15, 0.2) is 60.7 Å². The molecule has 1 aliphatic rings. The van der Waals surface area contributed by atoms with E-state index in [-0.39, 0.29) is 5.78 Å². The van der Waals surface area contributed by atoms with Crippen LogP contribution in [0.4, 0.5) is 0 Å². The molecule has 98 valence electrons. The molecule has 0 aliphatic heterocycles. The van der Waals surface area contributed by atoms with E-state index in [1.165, 1.54) is 21.7 Å². The summed E-state index contributed by atoms with van der Waals surface area (Å²) in [5.41, 5.74) is 2.09. The fourth-order valence-electron chi connectivity index (χ4n) is 3.71. The summed E-state index contributed by atoms with van der Waals surface area (Å²) in [6.07, 6.45) is 0.537. The van der Waals surface area contributed by atoms with Gasteiger partial charge in [0.05, 0.1) is 0 Å². The van der Waals surface area contributed by atoms with Gasteiger partial charge >= 0.3 is 0 Å². The molecule has 0 fully saturated rings. The molecule has 0 saturated heterocycles. The van der Waals surface area contributed by atoms with Gasteiger partial charge in [-0.3, -0.25) is 4.79 Å². The molecule has 1 heteroatoms. The molecule has 1 nitrogen and oxygen atoms in total. The maximum atomic E-state index is 12.6. The van der Waals surface area contributed by atoms with Gasteiger partial charge in [0.15, 0.2) is 5.78 Å². The highest BCUT2D eigenvalue weighted by Gasteiger charge is 2.25. The molecule has 0 saturated carbocycles. The Morgan fingerprint density at radius 3 is 2.43 bits per heavy atom. The second kappa shape index (κ2) is 3.70. The van der Waals surface area contributed by atoms with E-state index < -0.39 is 0 Å². The molecule has 0 N–H and O–H groups in total. The van der Waals surface area contributed by atoms with Crippen molar-refractivity contribution < 1.29 is 4.79 Å². The quantitative estimate of drug-likeness (QED) is 0.328. The van der Waals surface area contributed by atoms with Crippen LogP contribution >= 0.6 is 0 Å². The lowest BCUT2D eigenvalue weighted by atomic mass is 9.93. The number of fused-ring (bicyclic) bond motifs is 4. The molecule has 21 heavy (non-hydrogen) atoms. The molecule has 4 aromatic rings. The molecule has 0 aromatic heterocycles. The average Bonchev–Trinajstić information content (AvgIpc) is 2.85. The van der Waals surface area contributed by atoms with E-state index in [9.17, 15) is 4.79 Å². The van der Waals surface area contributed by atoms with Crippen molar-refractivity contribution in [3.05, 3.63) is 71.8 Å². The molecular weight excluding hydrogens is 256 g/mol. The monoisotopic (exact) mass is 268 g/mol. The van der Waals surface area contributed by atoms with Gasteiger partial charge in [0.25, 0.3) is 0 Å². The van der Waals surface area contributed by atoms with Crippen molar-refractivity contribution in [2.75, 3.05) is 0 Å². The van der Waals surface area contributed by atoms with Crippen LogP contribution in [0.1, 0.15) is 15.9 Å². The summed E-state index contributed by atoms with van der Waals surface area (Å²) < 4.78 is 0. The van der Waals surface area contributed by atoms with Crippen LogP contribution in [0.3, 0.4) is 0 Å². The summed E-state index contributed by atoms with van der Waals surface area (Å²) in [6, 6.07) is 21.0. The van der Waals surface area contributed by atoms with E-state index >= 15 is 0 Å². The minimum Gasteiger partial charge on any atom is -0.294 e. The van der Waals surface area contributed by atoms with Gasteiger partial charge < -0.3 is 0 Å². The summed E-state index contributed by atoms with van der Waals surface area (Å²) in [5, 5.41) is 6.98. The highest BCUT2D eigenvalue weighted by atomic mass is 16.1. The van der Waals surface area contributed by atoms with Crippen molar-refractivity contribution in [1.29, 1.82) is 0 Å². The smallest absolute Gasteiger partial charge is 0.168 e. The van der Waals surface area contributed by atoms with Crippen LogP contribution in [0, 0.1) is 0 Å². The van der Waals surface area contributed by atoms with Gasteiger partial charge in [0.2, 0.25) is 0 Å². The Kier molecular flexibility index (Phi) is 1.95. The van der Waals surface area contributed by atoms with Gasteiger partial charge in [-0.05, 0) is 38.6 Å². The van der Waals surface area contributed by atoms with Crippen molar-refractivity contribution >= 4 is 38.1 Å². The fraction of sp³-hybridized carbons (Fsp3) is 0.0500. The summed E-state index contributed by atoms with van der Waals surface area (Å²) in [5.74, 6) is 0.253. The van der Waals surface area contributed by atoms with Crippen molar-refractivity contribution in [3.63, 3.8) is 0 Å². The third-order valence-corrected chi connectivity index (χ3v) is 4.59. The number of hydrogen-bond acceptors (Lipinski definition) is 1. The van der Waals surface area contributed by atoms with Gasteiger partial charge in [0, 0.05) is 17.4 Å². The van der Waals surface area contributed by atoms with Crippen LogP contribution in [0.2, 0.25) is 0 Å². The molecule has 1 aliphatic carbocycles. The average molecular weight is 268 g/mol. The first-order valence-corrected chi connectivity index (χ1v) is 7.22. The second-order valence-corrected chi connectivity index (χ2v) is 5.75. The van der Waals surface area contributed by atoms with Crippen LogP contribution in [-0.4, -0.2) is 5.78 Å². The molecule has 0 atom stereocenters. The lowest BCUT2D eigenvalue weighted by Crippen LogP contribution is -1.96. The van der Waals surface area contributed by atoms with E-state index in [4.69, 9.17) is 0 Å². The molecule has 0 amide bonds. The number of rotatable bonds is 0. The van der Waals surface area contributed by atoms with E-state index in [0.29, 0.717) is 6.42 Å². The highest BCUT2D eigenvalue weighted by Crippen LogP contribution is 2.39. The van der Waals surface area contributed by atoms with Crippen LogP contribution in [0.5, 0.6) is 0 Å². The predicted molar refractivity (Wildman–Crippen MR) is 87.0 cm³/mol. The molecular formula is C20H12O. The Hall–Kier alpha value is -2.67. The van der Waals surface area contributed by atoms with E-state index in [2.05, 4.69) is 42.5 Å². The van der Waals surface area contributed by atoms with Gasteiger partial charge in [0.1, 0.15) is 0 Å². The van der Waals surface area contributed by atoms with Crippen molar-refractivity contribution in [3.8, 4) is 0 Å². The fourth-order valence-corrected chi connectivity index (χ4v) is 3.71. The van der Waals surface area contributed by atoms with Crippen molar-refractivity contribution in [2.24, 2.45) is 0 Å². The largest absolute Gasteiger partial charge is 0.294 e. The zero-order valence-corrected chi connectivity index (χ0v) is 11.4. The lowest BCUT2D eigenvalue weighted by Gasteiger charge is -2.09. The number of hydrogen-bond donors (Lipinski definition) is 0. The van der Waals surface area contributed by atoms with Crippen molar-refractivity contribution in [2.45, 2.75) is 6.42 Å². The normalized spacial score (nSPS) is 13.6. The maximum absolute atomic E-state index is 12.6. The molecule has 5 rings (SSSR count). The summed E-state index contributed by atoms with van der Waals surface area (Å²) in [4.78, 5) is 12.6. The van der Waals surface area contributed by atoms with Gasteiger partial charge in [-0.25, -0.2) is 0 Å².